The minimum Gasteiger partial charge on any atom is -0.324 e. The summed E-state index contributed by atoms with van der Waals surface area (Å²) in [7, 11) is 0. The predicted molar refractivity (Wildman–Crippen MR) is 82.6 cm³/mol. The van der Waals surface area contributed by atoms with Gasteiger partial charge in [0.15, 0.2) is 0 Å². The van der Waals surface area contributed by atoms with Gasteiger partial charge in [-0.25, -0.2) is 9.97 Å². The Morgan fingerprint density at radius 1 is 0.792 bits per heavy atom. The van der Waals surface area contributed by atoms with Gasteiger partial charge >= 0.3 is 0 Å². The topological polar surface area (TPSA) is 116 Å². The van der Waals surface area contributed by atoms with Crippen molar-refractivity contribution in [3.8, 4) is 0 Å². The Bertz CT molecular complexity index is 920. The molecule has 0 fully saturated rings. The van der Waals surface area contributed by atoms with Gasteiger partial charge in [0.25, 0.3) is 11.1 Å². The molecule has 0 saturated carbocycles. The Kier molecular flexibility index (Phi) is 4.01. The zero-order valence-corrected chi connectivity index (χ0v) is 11.9. The molecular formula is C14H10F2N6O2. The number of para-hydroxylation sites is 2. The van der Waals surface area contributed by atoms with Gasteiger partial charge in [0.2, 0.25) is 23.5 Å². The van der Waals surface area contributed by atoms with Crippen molar-refractivity contribution in [2.24, 2.45) is 0 Å². The number of rotatable bonds is 4. The number of benzene rings is 1. The van der Waals surface area contributed by atoms with Gasteiger partial charge in [-0.1, -0.05) is 12.1 Å². The van der Waals surface area contributed by atoms with Crippen LogP contribution >= 0.6 is 0 Å². The Morgan fingerprint density at radius 2 is 1.21 bits per heavy atom. The third-order valence-corrected chi connectivity index (χ3v) is 2.94. The van der Waals surface area contributed by atoms with Gasteiger partial charge in [0.1, 0.15) is 0 Å². The number of hydrogen-bond donors (Lipinski definition) is 4. The van der Waals surface area contributed by atoms with Gasteiger partial charge in [-0.3, -0.25) is 19.6 Å². The van der Waals surface area contributed by atoms with E-state index in [1.807, 2.05) is 0 Å². The third-order valence-electron chi connectivity index (χ3n) is 2.94. The highest BCUT2D eigenvalue weighted by Gasteiger charge is 2.07. The second-order valence-electron chi connectivity index (χ2n) is 4.61. The molecule has 1 aromatic carbocycles. The van der Waals surface area contributed by atoms with Crippen molar-refractivity contribution in [1.29, 1.82) is 0 Å². The van der Waals surface area contributed by atoms with Crippen LogP contribution in [0.4, 0.5) is 32.1 Å². The molecule has 0 bridgehead atoms. The Morgan fingerprint density at radius 3 is 1.58 bits per heavy atom. The molecule has 0 aliphatic heterocycles. The summed E-state index contributed by atoms with van der Waals surface area (Å²) in [6.45, 7) is 0. The van der Waals surface area contributed by atoms with Crippen LogP contribution in [0.5, 0.6) is 0 Å². The number of nitrogens with zero attached hydrogens (tertiary/aromatic N) is 2. The maximum Gasteiger partial charge on any atom is 0.288 e. The van der Waals surface area contributed by atoms with Crippen molar-refractivity contribution in [2.45, 2.75) is 0 Å². The van der Waals surface area contributed by atoms with Crippen molar-refractivity contribution < 1.29 is 8.78 Å². The van der Waals surface area contributed by atoms with Gasteiger partial charge in [0, 0.05) is 0 Å². The molecule has 122 valence electrons. The Hall–Kier alpha value is -3.56. The lowest BCUT2D eigenvalue weighted by molar-refractivity contribution is 0.601. The molecule has 0 amide bonds. The smallest absolute Gasteiger partial charge is 0.288 e. The van der Waals surface area contributed by atoms with Crippen molar-refractivity contribution in [3.63, 3.8) is 0 Å². The van der Waals surface area contributed by atoms with Crippen LogP contribution in [-0.2, 0) is 0 Å². The molecule has 4 N–H and O–H groups in total. The summed E-state index contributed by atoms with van der Waals surface area (Å²) in [6, 6.07) is 6.70. The molecule has 0 spiro atoms. The first-order chi connectivity index (χ1) is 11.5. The maximum atomic E-state index is 13.0. The molecule has 10 heteroatoms. The SMILES string of the molecule is O=c1[nH]c(Nc2ccccc2Nc2ncc(F)c(=O)[nH]2)ncc1F. The lowest BCUT2D eigenvalue weighted by Gasteiger charge is -2.12. The van der Waals surface area contributed by atoms with E-state index in [0.717, 1.165) is 12.4 Å². The lowest BCUT2D eigenvalue weighted by atomic mass is 10.2. The first-order valence-electron chi connectivity index (χ1n) is 6.65. The van der Waals surface area contributed by atoms with Crippen molar-refractivity contribution in [2.75, 3.05) is 10.6 Å². The largest absolute Gasteiger partial charge is 0.324 e. The fraction of sp³-hybridized carbons (Fsp3) is 0. The van der Waals surface area contributed by atoms with Crippen LogP contribution in [0.3, 0.4) is 0 Å². The van der Waals surface area contributed by atoms with Crippen LogP contribution in [-0.4, -0.2) is 19.9 Å². The van der Waals surface area contributed by atoms with Crippen LogP contribution in [0.2, 0.25) is 0 Å². The first-order valence-corrected chi connectivity index (χ1v) is 6.65. The number of halogens is 2. The van der Waals surface area contributed by atoms with E-state index in [2.05, 4.69) is 30.6 Å². The van der Waals surface area contributed by atoms with Crippen LogP contribution in [0.1, 0.15) is 0 Å². The third kappa shape index (κ3) is 3.27. The molecule has 0 radical (unpaired) electrons. The first kappa shape index (κ1) is 15.3. The summed E-state index contributed by atoms with van der Waals surface area (Å²) in [4.78, 5) is 34.4. The molecule has 8 nitrogen and oxygen atoms in total. The number of aromatic amines is 2. The summed E-state index contributed by atoms with van der Waals surface area (Å²) >= 11 is 0. The molecule has 2 heterocycles. The van der Waals surface area contributed by atoms with E-state index < -0.39 is 22.8 Å². The van der Waals surface area contributed by atoms with E-state index in [-0.39, 0.29) is 11.9 Å². The average molecular weight is 332 g/mol. The summed E-state index contributed by atoms with van der Waals surface area (Å²) < 4.78 is 25.9. The molecule has 0 aliphatic carbocycles. The molecule has 0 unspecified atom stereocenters. The quantitative estimate of drug-likeness (QED) is 0.577. The number of anilines is 4. The summed E-state index contributed by atoms with van der Waals surface area (Å²) in [6.07, 6.45) is 1.58. The van der Waals surface area contributed by atoms with Gasteiger partial charge in [-0.2, -0.15) is 8.78 Å². The number of hydrogen-bond acceptors (Lipinski definition) is 6. The monoisotopic (exact) mass is 332 g/mol. The van der Waals surface area contributed by atoms with Crippen LogP contribution < -0.4 is 21.8 Å². The lowest BCUT2D eigenvalue weighted by Crippen LogP contribution is -2.15. The van der Waals surface area contributed by atoms with Crippen LogP contribution in [0, 0.1) is 11.6 Å². The summed E-state index contributed by atoms with van der Waals surface area (Å²) in [5, 5.41) is 5.59. The molecule has 0 saturated heterocycles. The Balaban J connectivity index is 1.89. The normalized spacial score (nSPS) is 10.4. The van der Waals surface area contributed by atoms with E-state index in [1.54, 1.807) is 24.3 Å². The van der Waals surface area contributed by atoms with Crippen LogP contribution in [0.25, 0.3) is 0 Å². The van der Waals surface area contributed by atoms with E-state index in [9.17, 15) is 18.4 Å². The highest BCUT2D eigenvalue weighted by molar-refractivity contribution is 5.75. The van der Waals surface area contributed by atoms with Crippen LogP contribution in [0.15, 0.2) is 46.2 Å². The molecule has 0 aliphatic rings. The summed E-state index contributed by atoms with van der Waals surface area (Å²) in [5.74, 6) is -1.95. The minimum absolute atomic E-state index is 0.0243. The van der Waals surface area contributed by atoms with Gasteiger partial charge in [0.05, 0.1) is 23.8 Å². The summed E-state index contributed by atoms with van der Waals surface area (Å²) in [5.41, 5.74) is -0.914. The van der Waals surface area contributed by atoms with Gasteiger partial charge in [-0.05, 0) is 12.1 Å². The average Bonchev–Trinajstić information content (AvgIpc) is 2.56. The number of nitrogens with one attached hydrogen (secondary N) is 4. The molecule has 0 atom stereocenters. The van der Waals surface area contributed by atoms with Crippen molar-refractivity contribution in [1.82, 2.24) is 19.9 Å². The Labute approximate surface area is 132 Å². The zero-order valence-electron chi connectivity index (χ0n) is 11.9. The van der Waals surface area contributed by atoms with Gasteiger partial charge < -0.3 is 10.6 Å². The highest BCUT2D eigenvalue weighted by atomic mass is 19.1. The fourth-order valence-corrected chi connectivity index (χ4v) is 1.84. The van der Waals surface area contributed by atoms with E-state index in [0.29, 0.717) is 11.4 Å². The molecule has 24 heavy (non-hydrogen) atoms. The zero-order chi connectivity index (χ0) is 17.1. The van der Waals surface area contributed by atoms with E-state index >= 15 is 0 Å². The van der Waals surface area contributed by atoms with Crippen molar-refractivity contribution in [3.05, 3.63) is 69.0 Å². The highest BCUT2D eigenvalue weighted by Crippen LogP contribution is 2.25. The van der Waals surface area contributed by atoms with E-state index in [4.69, 9.17) is 0 Å². The molecule has 3 aromatic rings. The molecule has 2 aromatic heterocycles. The second-order valence-corrected chi connectivity index (χ2v) is 4.61. The van der Waals surface area contributed by atoms with Gasteiger partial charge in [-0.15, -0.1) is 0 Å². The molecular weight excluding hydrogens is 322 g/mol. The maximum absolute atomic E-state index is 13.0. The number of H-pyrrole nitrogens is 2. The standard InChI is InChI=1S/C14H10F2N6O2/c15-7-5-17-13(21-11(7)23)19-9-3-1-2-4-10(9)20-14-18-6-8(16)12(24)22-14/h1-6H,(H2,17,19,21,23)(H2,18,20,22,24). The molecule has 3 rings (SSSR count). The van der Waals surface area contributed by atoms with E-state index in [1.165, 1.54) is 0 Å². The predicted octanol–water partition coefficient (Wildman–Crippen LogP) is 1.62. The second kappa shape index (κ2) is 6.28. The number of aromatic nitrogens is 4. The van der Waals surface area contributed by atoms with Crippen molar-refractivity contribution >= 4 is 23.3 Å². The fourth-order valence-electron chi connectivity index (χ4n) is 1.84. The minimum atomic E-state index is -1.000.